The monoisotopic (exact) mass is 240 g/mol. The van der Waals surface area contributed by atoms with Crippen LogP contribution in [0, 0.1) is 0 Å². The third-order valence-electron chi connectivity index (χ3n) is 2.59. The van der Waals surface area contributed by atoms with Crippen molar-refractivity contribution in [2.24, 2.45) is 5.73 Å². The molecule has 1 aromatic carbocycles. The Hall–Kier alpha value is -1.26. The molecule has 1 aliphatic rings. The van der Waals surface area contributed by atoms with Crippen molar-refractivity contribution in [3.8, 4) is 5.75 Å². The largest absolute Gasteiger partial charge is 0.495 e. The summed E-state index contributed by atoms with van der Waals surface area (Å²) in [6.45, 7) is 0.485. The maximum absolute atomic E-state index is 11.7. The van der Waals surface area contributed by atoms with E-state index >= 15 is 0 Å². The van der Waals surface area contributed by atoms with Gasteiger partial charge in [0.15, 0.2) is 0 Å². The Morgan fingerprint density at radius 3 is 2.88 bits per heavy atom. The van der Waals surface area contributed by atoms with Gasteiger partial charge in [0.05, 0.1) is 12.1 Å². The van der Waals surface area contributed by atoms with Crippen LogP contribution in [0.5, 0.6) is 5.75 Å². The van der Waals surface area contributed by atoms with Gasteiger partial charge >= 0.3 is 0 Å². The lowest BCUT2D eigenvalue weighted by atomic mass is 10.2. The third-order valence-corrected chi connectivity index (χ3v) is 2.90. The molecule has 1 fully saturated rings. The number of hydrogen-bond donors (Lipinski definition) is 1. The van der Waals surface area contributed by atoms with Crippen molar-refractivity contribution in [2.45, 2.75) is 12.5 Å². The predicted octanol–water partition coefficient (Wildman–Crippen LogP) is 1.41. The molecule has 0 aromatic heterocycles. The molecular weight excluding hydrogens is 228 g/mol. The zero-order valence-corrected chi connectivity index (χ0v) is 9.70. The number of benzene rings is 1. The van der Waals surface area contributed by atoms with Crippen LogP contribution in [0.2, 0.25) is 5.02 Å². The number of amides is 1. The second-order valence-corrected chi connectivity index (χ2v) is 4.17. The summed E-state index contributed by atoms with van der Waals surface area (Å²) >= 11 is 6.09. The van der Waals surface area contributed by atoms with Crippen LogP contribution < -0.4 is 15.4 Å². The second kappa shape index (κ2) is 4.31. The molecular formula is C11H13ClN2O2. The normalized spacial score (nSPS) is 20.3. The first-order chi connectivity index (χ1) is 7.63. The fourth-order valence-corrected chi connectivity index (χ4v) is 2.14. The molecule has 0 saturated carbocycles. The first-order valence-electron chi connectivity index (χ1n) is 5.02. The van der Waals surface area contributed by atoms with Crippen molar-refractivity contribution in [1.82, 2.24) is 0 Å². The molecule has 1 amide bonds. The van der Waals surface area contributed by atoms with Crippen molar-refractivity contribution in [2.75, 3.05) is 18.6 Å². The quantitative estimate of drug-likeness (QED) is 0.851. The van der Waals surface area contributed by atoms with Crippen LogP contribution in [0.15, 0.2) is 18.2 Å². The van der Waals surface area contributed by atoms with Gasteiger partial charge in [-0.15, -0.1) is 0 Å². The summed E-state index contributed by atoms with van der Waals surface area (Å²) < 4.78 is 5.20. The molecule has 1 unspecified atom stereocenters. The average Bonchev–Trinajstić information content (AvgIpc) is 2.57. The maximum Gasteiger partial charge on any atom is 0.228 e. The van der Waals surface area contributed by atoms with Gasteiger partial charge < -0.3 is 15.4 Å². The molecule has 1 aromatic rings. The van der Waals surface area contributed by atoms with Crippen molar-refractivity contribution in [3.63, 3.8) is 0 Å². The molecule has 4 nitrogen and oxygen atoms in total. The lowest BCUT2D eigenvalue weighted by Crippen LogP contribution is -2.28. The first-order valence-corrected chi connectivity index (χ1v) is 5.39. The Morgan fingerprint density at radius 1 is 1.56 bits per heavy atom. The van der Waals surface area contributed by atoms with Gasteiger partial charge in [0.2, 0.25) is 5.91 Å². The van der Waals surface area contributed by atoms with Gasteiger partial charge in [-0.05, 0) is 12.1 Å². The SMILES string of the molecule is COc1cccc(Cl)c1N1CC(N)CC1=O. The zero-order chi connectivity index (χ0) is 11.7. The molecule has 0 spiro atoms. The number of ether oxygens (including phenoxy) is 1. The molecule has 16 heavy (non-hydrogen) atoms. The van der Waals surface area contributed by atoms with Gasteiger partial charge in [-0.2, -0.15) is 0 Å². The van der Waals surface area contributed by atoms with Crippen LogP contribution in [0.3, 0.4) is 0 Å². The number of hydrogen-bond acceptors (Lipinski definition) is 3. The van der Waals surface area contributed by atoms with Gasteiger partial charge in [0.1, 0.15) is 11.4 Å². The van der Waals surface area contributed by atoms with E-state index in [2.05, 4.69) is 0 Å². The Bertz CT molecular complexity index is 422. The van der Waals surface area contributed by atoms with Crippen LogP contribution in [-0.4, -0.2) is 25.6 Å². The minimum atomic E-state index is -0.131. The number of carbonyl (C=O) groups excluding carboxylic acids is 1. The number of halogens is 1. The number of nitrogens with zero attached hydrogens (tertiary/aromatic N) is 1. The van der Waals surface area contributed by atoms with Gasteiger partial charge in [0.25, 0.3) is 0 Å². The van der Waals surface area contributed by atoms with E-state index in [0.29, 0.717) is 29.4 Å². The smallest absolute Gasteiger partial charge is 0.228 e. The van der Waals surface area contributed by atoms with E-state index in [1.165, 1.54) is 0 Å². The van der Waals surface area contributed by atoms with Crippen LogP contribution in [0.1, 0.15) is 6.42 Å². The number of rotatable bonds is 2. The molecule has 0 bridgehead atoms. The van der Waals surface area contributed by atoms with E-state index in [-0.39, 0.29) is 11.9 Å². The van der Waals surface area contributed by atoms with Crippen molar-refractivity contribution in [3.05, 3.63) is 23.2 Å². The highest BCUT2D eigenvalue weighted by Crippen LogP contribution is 2.37. The highest BCUT2D eigenvalue weighted by Gasteiger charge is 2.31. The molecule has 2 rings (SSSR count). The van der Waals surface area contributed by atoms with Gasteiger partial charge in [0, 0.05) is 19.0 Å². The van der Waals surface area contributed by atoms with Crippen LogP contribution in [-0.2, 0) is 4.79 Å². The molecule has 86 valence electrons. The number of methoxy groups -OCH3 is 1. The Labute approximate surface area is 98.9 Å². The highest BCUT2D eigenvalue weighted by atomic mass is 35.5. The minimum absolute atomic E-state index is 0.0149. The Morgan fingerprint density at radius 2 is 2.31 bits per heavy atom. The first kappa shape index (κ1) is 11.2. The van der Waals surface area contributed by atoms with E-state index in [1.54, 1.807) is 30.2 Å². The second-order valence-electron chi connectivity index (χ2n) is 3.76. The molecule has 2 N–H and O–H groups in total. The van der Waals surface area contributed by atoms with Crippen LogP contribution >= 0.6 is 11.6 Å². The van der Waals surface area contributed by atoms with Gasteiger partial charge in [-0.1, -0.05) is 17.7 Å². The van der Waals surface area contributed by atoms with Gasteiger partial charge in [-0.3, -0.25) is 4.79 Å². The van der Waals surface area contributed by atoms with E-state index in [9.17, 15) is 4.79 Å². The Kier molecular flexibility index (Phi) is 3.03. The average molecular weight is 241 g/mol. The summed E-state index contributed by atoms with van der Waals surface area (Å²) in [4.78, 5) is 13.3. The topological polar surface area (TPSA) is 55.6 Å². The van der Waals surface area contributed by atoms with Gasteiger partial charge in [-0.25, -0.2) is 0 Å². The summed E-state index contributed by atoms with van der Waals surface area (Å²) in [7, 11) is 1.55. The zero-order valence-electron chi connectivity index (χ0n) is 8.94. The van der Waals surface area contributed by atoms with Crippen molar-refractivity contribution < 1.29 is 9.53 Å². The number of nitrogens with two attached hydrogens (primary N) is 1. The molecule has 1 saturated heterocycles. The summed E-state index contributed by atoms with van der Waals surface area (Å²) in [6, 6.07) is 5.16. The van der Waals surface area contributed by atoms with E-state index in [1.807, 2.05) is 0 Å². The lowest BCUT2D eigenvalue weighted by molar-refractivity contribution is -0.117. The van der Waals surface area contributed by atoms with E-state index in [0.717, 1.165) is 0 Å². The summed E-state index contributed by atoms with van der Waals surface area (Å²) in [5.41, 5.74) is 6.36. The molecule has 0 aliphatic carbocycles. The fourth-order valence-electron chi connectivity index (χ4n) is 1.87. The number of para-hydroxylation sites is 1. The summed E-state index contributed by atoms with van der Waals surface area (Å²) in [5.74, 6) is 0.578. The molecule has 1 aliphatic heterocycles. The summed E-state index contributed by atoms with van der Waals surface area (Å²) in [5, 5.41) is 0.502. The van der Waals surface area contributed by atoms with E-state index in [4.69, 9.17) is 22.1 Å². The maximum atomic E-state index is 11.7. The van der Waals surface area contributed by atoms with Crippen LogP contribution in [0.4, 0.5) is 5.69 Å². The predicted molar refractivity (Wildman–Crippen MR) is 62.9 cm³/mol. The van der Waals surface area contributed by atoms with E-state index < -0.39 is 0 Å². The molecule has 5 heteroatoms. The molecule has 0 radical (unpaired) electrons. The fraction of sp³-hybridized carbons (Fsp3) is 0.364. The van der Waals surface area contributed by atoms with Crippen LogP contribution in [0.25, 0.3) is 0 Å². The van der Waals surface area contributed by atoms with Crippen molar-refractivity contribution in [1.29, 1.82) is 0 Å². The number of anilines is 1. The van der Waals surface area contributed by atoms with Crippen molar-refractivity contribution >= 4 is 23.2 Å². The third kappa shape index (κ3) is 1.86. The highest BCUT2D eigenvalue weighted by molar-refractivity contribution is 6.34. The summed E-state index contributed by atoms with van der Waals surface area (Å²) in [6.07, 6.45) is 0.356. The number of carbonyl (C=O) groups is 1. The Balaban J connectivity index is 2.43. The molecule has 1 heterocycles. The molecule has 1 atom stereocenters. The minimum Gasteiger partial charge on any atom is -0.495 e. The lowest BCUT2D eigenvalue weighted by Gasteiger charge is -2.20. The standard InChI is InChI=1S/C11H13ClN2O2/c1-16-9-4-2-3-8(12)11(9)14-6-7(13)5-10(14)15/h2-4,7H,5-6,13H2,1H3.